The minimum atomic E-state index is 0.203. The van der Waals surface area contributed by atoms with Gasteiger partial charge in [0, 0.05) is 12.7 Å². The van der Waals surface area contributed by atoms with Crippen molar-refractivity contribution in [1.29, 1.82) is 0 Å². The molecule has 1 heterocycles. The molecule has 0 saturated heterocycles. The molecule has 1 aromatic carbocycles. The first kappa shape index (κ1) is 13.0. The molecule has 0 unspecified atom stereocenters. The van der Waals surface area contributed by atoms with Gasteiger partial charge in [-0.15, -0.1) is 0 Å². The van der Waals surface area contributed by atoms with E-state index in [9.17, 15) is 5.11 Å². The molecular formula is C12H12IN3O2. The number of nitrogens with two attached hydrogens (primary N) is 1. The molecule has 0 spiro atoms. The lowest BCUT2D eigenvalue weighted by atomic mass is 10.2. The van der Waals surface area contributed by atoms with Gasteiger partial charge in [-0.3, -0.25) is 0 Å². The van der Waals surface area contributed by atoms with Gasteiger partial charge in [0.2, 0.25) is 0 Å². The van der Waals surface area contributed by atoms with Gasteiger partial charge in [0.15, 0.2) is 5.82 Å². The summed E-state index contributed by atoms with van der Waals surface area (Å²) >= 11 is 2.10. The van der Waals surface area contributed by atoms with Gasteiger partial charge < -0.3 is 15.6 Å². The van der Waals surface area contributed by atoms with E-state index in [2.05, 4.69) is 32.6 Å². The molecule has 0 atom stereocenters. The van der Waals surface area contributed by atoms with E-state index in [1.807, 2.05) is 0 Å². The number of methoxy groups -OCH3 is 1. The molecule has 0 bridgehead atoms. The number of aromatic hydroxyl groups is 1. The van der Waals surface area contributed by atoms with Gasteiger partial charge in [0.1, 0.15) is 11.6 Å². The molecule has 2 aromatic rings. The second-order valence-corrected chi connectivity index (χ2v) is 4.75. The molecule has 0 saturated carbocycles. The number of hydrogen-bond acceptors (Lipinski definition) is 5. The molecule has 0 fully saturated rings. The molecule has 0 aliphatic heterocycles. The lowest BCUT2D eigenvalue weighted by Gasteiger charge is -2.08. The maximum absolute atomic E-state index is 9.25. The molecule has 1 aromatic heterocycles. The molecule has 0 radical (unpaired) electrons. The summed E-state index contributed by atoms with van der Waals surface area (Å²) in [5.41, 5.74) is 7.41. The summed E-state index contributed by atoms with van der Waals surface area (Å²) in [5, 5.41) is 9.25. The first-order valence-corrected chi connectivity index (χ1v) is 6.30. The van der Waals surface area contributed by atoms with E-state index in [1.54, 1.807) is 31.4 Å². The Labute approximate surface area is 118 Å². The lowest BCUT2D eigenvalue weighted by molar-refractivity contribution is 0.181. The summed E-state index contributed by atoms with van der Waals surface area (Å²) in [6.45, 7) is 0.385. The highest BCUT2D eigenvalue weighted by molar-refractivity contribution is 14.1. The SMILES string of the molecule is COCc1nc(-c2ccc(O)cc2)nc(N)c1I. The van der Waals surface area contributed by atoms with Crippen molar-refractivity contribution in [3.8, 4) is 17.1 Å². The second kappa shape index (κ2) is 5.49. The van der Waals surface area contributed by atoms with Crippen molar-refractivity contribution >= 4 is 28.4 Å². The molecule has 6 heteroatoms. The number of anilines is 1. The number of nitrogens with zero attached hydrogens (tertiary/aromatic N) is 2. The van der Waals surface area contributed by atoms with Gasteiger partial charge in [-0.1, -0.05) is 0 Å². The summed E-state index contributed by atoms with van der Waals surface area (Å²) in [6, 6.07) is 6.66. The van der Waals surface area contributed by atoms with Crippen molar-refractivity contribution < 1.29 is 9.84 Å². The third-order valence-electron chi connectivity index (χ3n) is 2.35. The van der Waals surface area contributed by atoms with E-state index in [-0.39, 0.29) is 5.75 Å². The fraction of sp³-hybridized carbons (Fsp3) is 0.167. The van der Waals surface area contributed by atoms with E-state index >= 15 is 0 Å². The number of aromatic nitrogens is 2. The predicted octanol–water partition coefficient (Wildman–Crippen LogP) is 2.18. The lowest BCUT2D eigenvalue weighted by Crippen LogP contribution is -2.05. The second-order valence-electron chi connectivity index (χ2n) is 3.67. The Morgan fingerprint density at radius 2 is 1.94 bits per heavy atom. The molecule has 3 N–H and O–H groups in total. The summed E-state index contributed by atoms with van der Waals surface area (Å²) in [5.74, 6) is 1.16. The highest BCUT2D eigenvalue weighted by Crippen LogP contribution is 2.23. The van der Waals surface area contributed by atoms with Crippen LogP contribution in [-0.2, 0) is 11.3 Å². The van der Waals surface area contributed by atoms with Crippen molar-refractivity contribution in [2.24, 2.45) is 0 Å². The molecule has 0 aliphatic carbocycles. The number of halogens is 1. The Kier molecular flexibility index (Phi) is 3.97. The van der Waals surface area contributed by atoms with Crippen LogP contribution in [-0.4, -0.2) is 22.2 Å². The Morgan fingerprint density at radius 3 is 2.56 bits per heavy atom. The number of rotatable bonds is 3. The van der Waals surface area contributed by atoms with Gasteiger partial charge in [-0.2, -0.15) is 0 Å². The van der Waals surface area contributed by atoms with Crippen LogP contribution >= 0.6 is 22.6 Å². The monoisotopic (exact) mass is 357 g/mol. The van der Waals surface area contributed by atoms with E-state index in [0.29, 0.717) is 18.2 Å². The summed E-state index contributed by atoms with van der Waals surface area (Å²) < 4.78 is 5.89. The smallest absolute Gasteiger partial charge is 0.161 e. The van der Waals surface area contributed by atoms with Crippen LogP contribution in [0.4, 0.5) is 5.82 Å². The molecule has 5 nitrogen and oxygen atoms in total. The van der Waals surface area contributed by atoms with Crippen LogP contribution in [0.1, 0.15) is 5.69 Å². The summed E-state index contributed by atoms with van der Waals surface area (Å²) in [6.07, 6.45) is 0. The molecule has 0 aliphatic rings. The molecule has 94 valence electrons. The Morgan fingerprint density at radius 1 is 1.28 bits per heavy atom. The molecule has 0 amide bonds. The van der Waals surface area contributed by atoms with E-state index in [0.717, 1.165) is 14.8 Å². The number of benzene rings is 1. The zero-order valence-corrected chi connectivity index (χ0v) is 11.9. The Hall–Kier alpha value is -1.41. The Bertz CT molecular complexity index is 558. The minimum Gasteiger partial charge on any atom is -0.508 e. The molecule has 18 heavy (non-hydrogen) atoms. The van der Waals surface area contributed by atoms with Crippen LogP contribution in [0.3, 0.4) is 0 Å². The van der Waals surface area contributed by atoms with E-state index in [4.69, 9.17) is 10.5 Å². The van der Waals surface area contributed by atoms with Crippen molar-refractivity contribution in [1.82, 2.24) is 9.97 Å². The van der Waals surface area contributed by atoms with Gasteiger partial charge in [-0.05, 0) is 46.9 Å². The van der Waals surface area contributed by atoms with Crippen molar-refractivity contribution in [2.45, 2.75) is 6.61 Å². The van der Waals surface area contributed by atoms with Crippen LogP contribution in [0.15, 0.2) is 24.3 Å². The van der Waals surface area contributed by atoms with Gasteiger partial charge in [0.25, 0.3) is 0 Å². The molecule has 2 rings (SSSR count). The topological polar surface area (TPSA) is 81.3 Å². The standard InChI is InChI=1S/C12H12IN3O2/c1-18-6-9-10(13)11(14)16-12(15-9)7-2-4-8(17)5-3-7/h2-5,17H,6H2,1H3,(H2,14,15,16). The summed E-state index contributed by atoms with van der Waals surface area (Å²) in [7, 11) is 1.61. The largest absolute Gasteiger partial charge is 0.508 e. The van der Waals surface area contributed by atoms with E-state index < -0.39 is 0 Å². The predicted molar refractivity (Wildman–Crippen MR) is 77.0 cm³/mol. The van der Waals surface area contributed by atoms with Gasteiger partial charge in [-0.25, -0.2) is 9.97 Å². The maximum atomic E-state index is 9.25. The fourth-order valence-electron chi connectivity index (χ4n) is 1.48. The maximum Gasteiger partial charge on any atom is 0.161 e. The third kappa shape index (κ3) is 2.70. The number of hydrogen-bond donors (Lipinski definition) is 2. The Balaban J connectivity index is 2.48. The fourth-order valence-corrected chi connectivity index (χ4v) is 1.88. The number of phenols is 1. The first-order valence-electron chi connectivity index (χ1n) is 5.22. The number of nitrogen functional groups attached to an aromatic ring is 1. The zero-order chi connectivity index (χ0) is 13.1. The van der Waals surface area contributed by atoms with Crippen molar-refractivity contribution in [3.05, 3.63) is 33.5 Å². The van der Waals surface area contributed by atoms with Crippen LogP contribution in [0.25, 0.3) is 11.4 Å². The minimum absolute atomic E-state index is 0.203. The third-order valence-corrected chi connectivity index (χ3v) is 3.53. The van der Waals surface area contributed by atoms with Gasteiger partial charge in [0.05, 0.1) is 15.9 Å². The van der Waals surface area contributed by atoms with Gasteiger partial charge >= 0.3 is 0 Å². The van der Waals surface area contributed by atoms with E-state index in [1.165, 1.54) is 0 Å². The highest BCUT2D eigenvalue weighted by Gasteiger charge is 2.11. The molecular weight excluding hydrogens is 345 g/mol. The van der Waals surface area contributed by atoms with Crippen molar-refractivity contribution in [3.63, 3.8) is 0 Å². The van der Waals surface area contributed by atoms with Crippen LogP contribution in [0.5, 0.6) is 5.75 Å². The van der Waals surface area contributed by atoms with Crippen LogP contribution in [0, 0.1) is 3.57 Å². The first-order chi connectivity index (χ1) is 8.61. The highest BCUT2D eigenvalue weighted by atomic mass is 127. The average Bonchev–Trinajstić information content (AvgIpc) is 2.36. The van der Waals surface area contributed by atoms with Crippen molar-refractivity contribution in [2.75, 3.05) is 12.8 Å². The number of ether oxygens (including phenoxy) is 1. The summed E-state index contributed by atoms with van der Waals surface area (Å²) in [4.78, 5) is 8.66. The normalized spacial score (nSPS) is 10.6. The number of phenolic OH excluding ortho intramolecular Hbond substituents is 1. The van der Waals surface area contributed by atoms with Crippen LogP contribution in [0.2, 0.25) is 0 Å². The average molecular weight is 357 g/mol. The zero-order valence-electron chi connectivity index (χ0n) is 9.72. The quantitative estimate of drug-likeness (QED) is 0.823. The van der Waals surface area contributed by atoms with Crippen LogP contribution < -0.4 is 5.73 Å².